The first kappa shape index (κ1) is 14.0. The van der Waals surface area contributed by atoms with Crippen LogP contribution in [0.25, 0.3) is 0 Å². The number of ether oxygens (including phenoxy) is 1. The Morgan fingerprint density at radius 3 is 3.00 bits per heavy atom. The van der Waals surface area contributed by atoms with Gasteiger partial charge in [-0.05, 0) is 19.4 Å². The fourth-order valence-corrected chi connectivity index (χ4v) is 1.97. The van der Waals surface area contributed by atoms with Gasteiger partial charge in [0.1, 0.15) is 0 Å². The second-order valence-corrected chi connectivity index (χ2v) is 4.26. The minimum absolute atomic E-state index is 0.0532. The average Bonchev–Trinajstić information content (AvgIpc) is 2.77. The van der Waals surface area contributed by atoms with Crippen molar-refractivity contribution in [2.24, 2.45) is 5.92 Å². The first-order chi connectivity index (χ1) is 8.29. The highest BCUT2D eigenvalue weighted by atomic mass is 16.5. The first-order valence-corrected chi connectivity index (χ1v) is 6.32. The number of rotatable bonds is 7. The van der Waals surface area contributed by atoms with Gasteiger partial charge in [-0.2, -0.15) is 0 Å². The van der Waals surface area contributed by atoms with E-state index < -0.39 is 0 Å². The molecule has 1 amide bonds. The fourth-order valence-electron chi connectivity index (χ4n) is 1.97. The van der Waals surface area contributed by atoms with Crippen LogP contribution in [0.15, 0.2) is 0 Å². The SMILES string of the molecule is C#CCCCCNC(=O)C1COCC1NCC. The molecule has 1 heterocycles. The maximum Gasteiger partial charge on any atom is 0.227 e. The first-order valence-electron chi connectivity index (χ1n) is 6.32. The van der Waals surface area contributed by atoms with Crippen molar-refractivity contribution >= 4 is 5.91 Å². The Kier molecular flexibility index (Phi) is 6.68. The van der Waals surface area contributed by atoms with Crippen molar-refractivity contribution in [3.05, 3.63) is 0 Å². The van der Waals surface area contributed by atoms with Gasteiger partial charge in [0.2, 0.25) is 5.91 Å². The van der Waals surface area contributed by atoms with Crippen molar-refractivity contribution in [3.63, 3.8) is 0 Å². The van der Waals surface area contributed by atoms with E-state index in [2.05, 4.69) is 16.6 Å². The van der Waals surface area contributed by atoms with E-state index >= 15 is 0 Å². The van der Waals surface area contributed by atoms with Crippen LogP contribution in [0, 0.1) is 18.3 Å². The maximum absolute atomic E-state index is 11.9. The second kappa shape index (κ2) is 8.10. The van der Waals surface area contributed by atoms with Crippen LogP contribution >= 0.6 is 0 Å². The van der Waals surface area contributed by atoms with E-state index in [0.717, 1.165) is 25.8 Å². The Labute approximate surface area is 103 Å². The number of hydrogen-bond acceptors (Lipinski definition) is 3. The van der Waals surface area contributed by atoms with Crippen LogP contribution in [0.2, 0.25) is 0 Å². The summed E-state index contributed by atoms with van der Waals surface area (Å²) in [4.78, 5) is 11.9. The molecule has 1 saturated heterocycles. The van der Waals surface area contributed by atoms with Crippen molar-refractivity contribution in [3.8, 4) is 12.3 Å². The van der Waals surface area contributed by atoms with Crippen molar-refractivity contribution in [2.75, 3.05) is 26.3 Å². The molecule has 0 bridgehead atoms. The molecule has 2 unspecified atom stereocenters. The second-order valence-electron chi connectivity index (χ2n) is 4.26. The molecule has 0 aromatic heterocycles. The molecule has 4 heteroatoms. The molecule has 0 aliphatic carbocycles. The highest BCUT2D eigenvalue weighted by Crippen LogP contribution is 2.13. The van der Waals surface area contributed by atoms with Gasteiger partial charge >= 0.3 is 0 Å². The molecule has 0 aromatic rings. The predicted molar refractivity (Wildman–Crippen MR) is 67.5 cm³/mol. The molecule has 2 atom stereocenters. The molecule has 1 fully saturated rings. The summed E-state index contributed by atoms with van der Waals surface area (Å²) in [7, 11) is 0. The largest absolute Gasteiger partial charge is 0.379 e. The zero-order valence-electron chi connectivity index (χ0n) is 10.5. The lowest BCUT2D eigenvalue weighted by Gasteiger charge is -2.17. The molecule has 1 rings (SSSR count). The lowest BCUT2D eigenvalue weighted by molar-refractivity contribution is -0.125. The Balaban J connectivity index is 2.20. The van der Waals surface area contributed by atoms with Crippen LogP contribution in [0.3, 0.4) is 0 Å². The number of terminal acetylenes is 1. The predicted octanol–water partition coefficient (Wildman–Crippen LogP) is 0.531. The number of hydrogen-bond donors (Lipinski definition) is 2. The summed E-state index contributed by atoms with van der Waals surface area (Å²) in [6.45, 7) is 4.75. The number of likely N-dealkylation sites (N-methyl/N-ethyl adjacent to an activating group) is 1. The number of carbonyl (C=O) groups excluding carboxylic acids is 1. The Hall–Kier alpha value is -1.05. The van der Waals surface area contributed by atoms with E-state index in [-0.39, 0.29) is 17.9 Å². The summed E-state index contributed by atoms with van der Waals surface area (Å²) >= 11 is 0. The fraction of sp³-hybridized carbons (Fsp3) is 0.769. The van der Waals surface area contributed by atoms with Crippen LogP contribution < -0.4 is 10.6 Å². The molecule has 1 aliphatic rings. The van der Waals surface area contributed by atoms with Gasteiger partial charge in [-0.25, -0.2) is 0 Å². The smallest absolute Gasteiger partial charge is 0.227 e. The maximum atomic E-state index is 11.9. The van der Waals surface area contributed by atoms with Crippen LogP contribution in [-0.4, -0.2) is 38.3 Å². The molecule has 0 saturated carbocycles. The van der Waals surface area contributed by atoms with Crippen LogP contribution in [0.5, 0.6) is 0 Å². The average molecular weight is 238 g/mol. The standard InChI is InChI=1S/C13H22N2O2/c1-3-5-6-7-8-15-13(16)11-9-17-10-12(11)14-4-2/h1,11-12,14H,4-10H2,2H3,(H,15,16). The van der Waals surface area contributed by atoms with Gasteiger partial charge in [-0.1, -0.05) is 6.92 Å². The lowest BCUT2D eigenvalue weighted by Crippen LogP contribution is -2.44. The molecule has 17 heavy (non-hydrogen) atoms. The zero-order valence-corrected chi connectivity index (χ0v) is 10.5. The van der Waals surface area contributed by atoms with Gasteiger partial charge in [0.15, 0.2) is 0 Å². The van der Waals surface area contributed by atoms with E-state index in [1.165, 1.54) is 0 Å². The number of amides is 1. The van der Waals surface area contributed by atoms with E-state index in [9.17, 15) is 4.79 Å². The monoisotopic (exact) mass is 238 g/mol. The minimum Gasteiger partial charge on any atom is -0.379 e. The topological polar surface area (TPSA) is 50.4 Å². The van der Waals surface area contributed by atoms with Crippen molar-refractivity contribution in [1.29, 1.82) is 0 Å². The summed E-state index contributed by atoms with van der Waals surface area (Å²) in [5.41, 5.74) is 0. The van der Waals surface area contributed by atoms with Crippen LogP contribution in [0.1, 0.15) is 26.2 Å². The van der Waals surface area contributed by atoms with E-state index in [0.29, 0.717) is 19.8 Å². The van der Waals surface area contributed by atoms with Gasteiger partial charge in [-0.15, -0.1) is 12.3 Å². The summed E-state index contributed by atoms with van der Waals surface area (Å²) in [6.07, 6.45) is 7.85. The number of carbonyl (C=O) groups is 1. The molecule has 0 radical (unpaired) electrons. The normalized spacial score (nSPS) is 23.3. The summed E-state index contributed by atoms with van der Waals surface area (Å²) in [5, 5.41) is 6.22. The summed E-state index contributed by atoms with van der Waals surface area (Å²) in [5.74, 6) is 2.63. The van der Waals surface area contributed by atoms with Gasteiger partial charge in [0.05, 0.1) is 19.1 Å². The van der Waals surface area contributed by atoms with Gasteiger partial charge in [-0.3, -0.25) is 4.79 Å². The summed E-state index contributed by atoms with van der Waals surface area (Å²) < 4.78 is 5.34. The Bertz CT molecular complexity index is 273. The molecular formula is C13H22N2O2. The molecule has 0 spiro atoms. The third-order valence-corrected chi connectivity index (χ3v) is 2.93. The third-order valence-electron chi connectivity index (χ3n) is 2.93. The number of unbranched alkanes of at least 4 members (excludes halogenated alkanes) is 2. The van der Waals surface area contributed by atoms with Gasteiger partial charge in [0, 0.05) is 19.0 Å². The van der Waals surface area contributed by atoms with E-state index in [4.69, 9.17) is 11.2 Å². The lowest BCUT2D eigenvalue weighted by atomic mass is 10.0. The van der Waals surface area contributed by atoms with E-state index in [1.54, 1.807) is 0 Å². The van der Waals surface area contributed by atoms with Crippen LogP contribution in [0.4, 0.5) is 0 Å². The quantitative estimate of drug-likeness (QED) is 0.502. The molecule has 0 aromatic carbocycles. The highest BCUT2D eigenvalue weighted by Gasteiger charge is 2.32. The van der Waals surface area contributed by atoms with E-state index in [1.807, 2.05) is 6.92 Å². The van der Waals surface area contributed by atoms with Gasteiger partial charge in [0.25, 0.3) is 0 Å². The highest BCUT2D eigenvalue weighted by molar-refractivity contribution is 5.79. The molecule has 96 valence electrons. The summed E-state index contributed by atoms with van der Waals surface area (Å²) in [6, 6.07) is 0.158. The number of nitrogens with one attached hydrogen (secondary N) is 2. The molecule has 1 aliphatic heterocycles. The molecular weight excluding hydrogens is 216 g/mol. The minimum atomic E-state index is -0.0532. The van der Waals surface area contributed by atoms with Crippen LogP contribution in [-0.2, 0) is 9.53 Å². The van der Waals surface area contributed by atoms with Crippen molar-refractivity contribution in [1.82, 2.24) is 10.6 Å². The van der Waals surface area contributed by atoms with Gasteiger partial charge < -0.3 is 15.4 Å². The third kappa shape index (κ3) is 4.76. The molecule has 4 nitrogen and oxygen atoms in total. The van der Waals surface area contributed by atoms with Crippen molar-refractivity contribution < 1.29 is 9.53 Å². The zero-order chi connectivity index (χ0) is 12.5. The Morgan fingerprint density at radius 2 is 2.29 bits per heavy atom. The Morgan fingerprint density at radius 1 is 1.47 bits per heavy atom. The molecule has 2 N–H and O–H groups in total. The van der Waals surface area contributed by atoms with Crippen molar-refractivity contribution in [2.45, 2.75) is 32.2 Å².